The first kappa shape index (κ1) is 27.3. The minimum absolute atomic E-state index is 0. The van der Waals surface area contributed by atoms with E-state index in [9.17, 15) is 18.4 Å². The molecule has 0 fully saturated rings. The van der Waals surface area contributed by atoms with Gasteiger partial charge in [-0.2, -0.15) is 0 Å². The first-order valence-corrected chi connectivity index (χ1v) is 10.5. The van der Waals surface area contributed by atoms with Gasteiger partial charge in [0, 0.05) is 29.1 Å². The number of hydrogen-bond donors (Lipinski definition) is 2. The molecule has 0 atom stereocenters. The molecule has 0 radical (unpaired) electrons. The van der Waals surface area contributed by atoms with Gasteiger partial charge in [-0.05, 0) is 50.6 Å². The molecule has 2 aromatic carbocycles. The van der Waals surface area contributed by atoms with Crippen molar-refractivity contribution in [2.24, 2.45) is 5.73 Å². The molecular formula is C24H25Cl2F2N3O3. The summed E-state index contributed by atoms with van der Waals surface area (Å²) in [6.45, 7) is 4.98. The molecule has 0 aliphatic carbocycles. The molecule has 3 aromatic rings. The van der Waals surface area contributed by atoms with Gasteiger partial charge < -0.3 is 20.4 Å². The largest absolute Gasteiger partial charge is 0.487 e. The molecule has 0 aliphatic heterocycles. The van der Waals surface area contributed by atoms with Gasteiger partial charge in [-0.1, -0.05) is 23.7 Å². The molecule has 34 heavy (non-hydrogen) atoms. The molecule has 0 bridgehead atoms. The number of aromatic nitrogens is 1. The summed E-state index contributed by atoms with van der Waals surface area (Å²) in [5, 5.41) is 2.59. The number of benzene rings is 2. The highest BCUT2D eigenvalue weighted by molar-refractivity contribution is 6.31. The predicted octanol–water partition coefficient (Wildman–Crippen LogP) is 4.81. The van der Waals surface area contributed by atoms with Gasteiger partial charge in [0.1, 0.15) is 29.0 Å². The Morgan fingerprint density at radius 1 is 1.15 bits per heavy atom. The summed E-state index contributed by atoms with van der Waals surface area (Å²) >= 11 is 6.22. The lowest BCUT2D eigenvalue weighted by Gasteiger charge is -2.18. The van der Waals surface area contributed by atoms with Crippen molar-refractivity contribution in [3.8, 4) is 5.75 Å². The Kier molecular flexibility index (Phi) is 8.83. The maximum Gasteiger partial charge on any atom is 0.273 e. The third-order valence-corrected chi connectivity index (χ3v) is 5.30. The maximum absolute atomic E-state index is 13.8. The Morgan fingerprint density at radius 2 is 1.79 bits per heavy atom. The molecule has 0 saturated heterocycles. The SMILES string of the molecule is Cc1cc(OCc2ccc(F)cc2F)c(Cl)c(=O)n1Cc1ccc(NC(=O)C(C)(C)N)cc1.Cl. The Morgan fingerprint density at radius 3 is 2.38 bits per heavy atom. The molecule has 3 N–H and O–H groups in total. The number of anilines is 1. The average molecular weight is 512 g/mol. The van der Waals surface area contributed by atoms with Crippen LogP contribution in [0.3, 0.4) is 0 Å². The zero-order valence-corrected chi connectivity index (χ0v) is 20.4. The number of halogens is 4. The molecule has 1 aromatic heterocycles. The van der Waals surface area contributed by atoms with Gasteiger partial charge in [0.05, 0.1) is 12.1 Å². The van der Waals surface area contributed by atoms with Crippen LogP contribution in [0.4, 0.5) is 14.5 Å². The van der Waals surface area contributed by atoms with Crippen LogP contribution in [-0.2, 0) is 17.9 Å². The number of aryl methyl sites for hydroxylation is 1. The third kappa shape index (κ3) is 6.56. The maximum atomic E-state index is 13.8. The summed E-state index contributed by atoms with van der Waals surface area (Å²) in [7, 11) is 0. The van der Waals surface area contributed by atoms with E-state index in [0.29, 0.717) is 11.4 Å². The smallest absolute Gasteiger partial charge is 0.273 e. The zero-order chi connectivity index (χ0) is 24.3. The van der Waals surface area contributed by atoms with Crippen LogP contribution in [0.25, 0.3) is 0 Å². The lowest BCUT2D eigenvalue weighted by Crippen LogP contribution is -2.45. The van der Waals surface area contributed by atoms with Crippen molar-refractivity contribution in [3.63, 3.8) is 0 Å². The van der Waals surface area contributed by atoms with E-state index < -0.39 is 22.7 Å². The number of ether oxygens (including phenoxy) is 1. The number of carbonyl (C=O) groups excluding carboxylic acids is 1. The summed E-state index contributed by atoms with van der Waals surface area (Å²) in [5.74, 6) is -1.64. The molecule has 0 aliphatic rings. The Bertz CT molecular complexity index is 1240. The quantitative estimate of drug-likeness (QED) is 0.476. The third-order valence-electron chi connectivity index (χ3n) is 4.95. The van der Waals surface area contributed by atoms with Gasteiger partial charge in [-0.3, -0.25) is 9.59 Å². The standard InChI is InChI=1S/C24H24ClF2N3O3.ClH/c1-14-10-20(33-13-16-6-7-17(26)11-19(16)27)21(25)22(31)30(14)12-15-4-8-18(9-5-15)29-23(32)24(2,3)28;/h4-11H,12-13,28H2,1-3H3,(H,29,32);1H. The highest BCUT2D eigenvalue weighted by Gasteiger charge is 2.21. The summed E-state index contributed by atoms with van der Waals surface area (Å²) in [4.78, 5) is 24.8. The number of pyridine rings is 1. The number of nitrogens with one attached hydrogen (secondary N) is 1. The van der Waals surface area contributed by atoms with Gasteiger partial charge in [-0.25, -0.2) is 8.78 Å². The fourth-order valence-corrected chi connectivity index (χ4v) is 3.19. The van der Waals surface area contributed by atoms with Crippen LogP contribution in [0.5, 0.6) is 5.75 Å². The van der Waals surface area contributed by atoms with Crippen molar-refractivity contribution < 1.29 is 18.3 Å². The number of nitrogens with two attached hydrogens (primary N) is 1. The van der Waals surface area contributed by atoms with E-state index in [-0.39, 0.29) is 47.8 Å². The van der Waals surface area contributed by atoms with Crippen LogP contribution in [-0.4, -0.2) is 16.0 Å². The zero-order valence-electron chi connectivity index (χ0n) is 18.8. The number of nitrogens with zero attached hydrogens (tertiary/aromatic N) is 1. The van der Waals surface area contributed by atoms with Gasteiger partial charge in [0.25, 0.3) is 5.56 Å². The second-order valence-electron chi connectivity index (χ2n) is 8.25. The second kappa shape index (κ2) is 11.0. The number of hydrogen-bond acceptors (Lipinski definition) is 4. The van der Waals surface area contributed by atoms with Crippen LogP contribution in [0.2, 0.25) is 5.02 Å². The molecule has 10 heteroatoms. The Balaban J connectivity index is 0.00000408. The van der Waals surface area contributed by atoms with Gasteiger partial charge in [-0.15, -0.1) is 12.4 Å². The molecule has 182 valence electrons. The lowest BCUT2D eigenvalue weighted by atomic mass is 10.1. The van der Waals surface area contributed by atoms with E-state index in [1.54, 1.807) is 51.1 Å². The Hall–Kier alpha value is -2.94. The predicted molar refractivity (Wildman–Crippen MR) is 131 cm³/mol. The fourth-order valence-electron chi connectivity index (χ4n) is 2.98. The van der Waals surface area contributed by atoms with Crippen LogP contribution >= 0.6 is 24.0 Å². The van der Waals surface area contributed by atoms with Gasteiger partial charge >= 0.3 is 0 Å². The van der Waals surface area contributed by atoms with Crippen molar-refractivity contribution in [1.82, 2.24) is 4.57 Å². The van der Waals surface area contributed by atoms with Crippen molar-refractivity contribution in [2.45, 2.75) is 39.5 Å². The highest BCUT2D eigenvalue weighted by Crippen LogP contribution is 2.24. The summed E-state index contributed by atoms with van der Waals surface area (Å²) < 4.78 is 33.9. The molecule has 0 saturated carbocycles. The molecule has 0 unspecified atom stereocenters. The first-order chi connectivity index (χ1) is 15.5. The van der Waals surface area contributed by atoms with E-state index in [4.69, 9.17) is 22.1 Å². The molecule has 0 spiro atoms. The minimum Gasteiger partial charge on any atom is -0.487 e. The topological polar surface area (TPSA) is 86.3 Å². The van der Waals surface area contributed by atoms with Gasteiger partial charge in [0.15, 0.2) is 0 Å². The van der Waals surface area contributed by atoms with E-state index >= 15 is 0 Å². The normalized spacial score (nSPS) is 11.0. The van der Waals surface area contributed by atoms with Crippen LogP contribution in [0.15, 0.2) is 53.3 Å². The summed E-state index contributed by atoms with van der Waals surface area (Å²) in [5.41, 5.74) is 6.42. The molecule has 6 nitrogen and oxygen atoms in total. The molecule has 1 amide bonds. The lowest BCUT2D eigenvalue weighted by molar-refractivity contribution is -0.120. The van der Waals surface area contributed by atoms with Gasteiger partial charge in [0.2, 0.25) is 5.91 Å². The Labute approximate surface area is 207 Å². The number of rotatable bonds is 7. The average Bonchev–Trinajstić information content (AvgIpc) is 2.74. The minimum atomic E-state index is -1.01. The van der Waals surface area contributed by atoms with E-state index in [1.807, 2.05) is 0 Å². The van der Waals surface area contributed by atoms with Crippen LogP contribution < -0.4 is 21.3 Å². The molecule has 1 heterocycles. The summed E-state index contributed by atoms with van der Waals surface area (Å²) in [6, 6.07) is 11.7. The van der Waals surface area contributed by atoms with Crippen LogP contribution in [0, 0.1) is 18.6 Å². The fraction of sp³-hybridized carbons (Fsp3) is 0.250. The highest BCUT2D eigenvalue weighted by atomic mass is 35.5. The summed E-state index contributed by atoms with van der Waals surface area (Å²) in [6.07, 6.45) is 0. The van der Waals surface area contributed by atoms with Crippen molar-refractivity contribution in [2.75, 3.05) is 5.32 Å². The first-order valence-electron chi connectivity index (χ1n) is 10.1. The van der Waals surface area contributed by atoms with E-state index in [2.05, 4.69) is 5.32 Å². The second-order valence-corrected chi connectivity index (χ2v) is 8.63. The molecule has 3 rings (SSSR count). The van der Waals surface area contributed by atoms with Crippen LogP contribution in [0.1, 0.15) is 30.7 Å². The monoisotopic (exact) mass is 511 g/mol. The van der Waals surface area contributed by atoms with E-state index in [0.717, 1.165) is 17.7 Å². The molecular weight excluding hydrogens is 487 g/mol. The van der Waals surface area contributed by atoms with Crippen molar-refractivity contribution in [1.29, 1.82) is 0 Å². The van der Waals surface area contributed by atoms with Crippen molar-refractivity contribution >= 4 is 35.6 Å². The number of amides is 1. The van der Waals surface area contributed by atoms with E-state index in [1.165, 1.54) is 10.6 Å². The number of carbonyl (C=O) groups is 1. The van der Waals surface area contributed by atoms with Crippen molar-refractivity contribution in [3.05, 3.63) is 92.4 Å².